The summed E-state index contributed by atoms with van der Waals surface area (Å²) in [5.74, 6) is -0.0785. The van der Waals surface area contributed by atoms with Crippen molar-refractivity contribution in [3.05, 3.63) is 23.8 Å². The maximum atomic E-state index is 11.5. The SMILES string of the molecule is COCCCCC(=O)Oc1c(C)cccc1O. The van der Waals surface area contributed by atoms with Gasteiger partial charge in [0, 0.05) is 20.1 Å². The Morgan fingerprint density at radius 1 is 1.35 bits per heavy atom. The molecular weight excluding hydrogens is 220 g/mol. The minimum atomic E-state index is -0.328. The van der Waals surface area contributed by atoms with E-state index in [9.17, 15) is 9.90 Å². The highest BCUT2D eigenvalue weighted by atomic mass is 16.5. The van der Waals surface area contributed by atoms with E-state index < -0.39 is 0 Å². The van der Waals surface area contributed by atoms with E-state index in [1.165, 1.54) is 6.07 Å². The molecule has 0 amide bonds. The summed E-state index contributed by atoms with van der Waals surface area (Å²) in [6, 6.07) is 4.99. The number of methoxy groups -OCH3 is 1. The van der Waals surface area contributed by atoms with Gasteiger partial charge < -0.3 is 14.6 Å². The maximum Gasteiger partial charge on any atom is 0.311 e. The minimum absolute atomic E-state index is 0.00441. The first-order chi connectivity index (χ1) is 8.15. The van der Waals surface area contributed by atoms with E-state index in [-0.39, 0.29) is 17.5 Å². The van der Waals surface area contributed by atoms with Crippen LogP contribution in [-0.4, -0.2) is 24.8 Å². The first kappa shape index (κ1) is 13.5. The summed E-state index contributed by atoms with van der Waals surface area (Å²) < 4.78 is 10.0. The second-order valence-corrected chi connectivity index (χ2v) is 3.85. The van der Waals surface area contributed by atoms with Gasteiger partial charge in [-0.3, -0.25) is 4.79 Å². The monoisotopic (exact) mass is 238 g/mol. The number of carbonyl (C=O) groups excluding carboxylic acids is 1. The normalized spacial score (nSPS) is 10.2. The van der Waals surface area contributed by atoms with E-state index in [1.54, 1.807) is 26.2 Å². The van der Waals surface area contributed by atoms with Gasteiger partial charge in [-0.1, -0.05) is 12.1 Å². The molecular formula is C13H18O4. The van der Waals surface area contributed by atoms with Crippen LogP contribution in [0.1, 0.15) is 24.8 Å². The van der Waals surface area contributed by atoms with Crippen molar-refractivity contribution in [3.63, 3.8) is 0 Å². The Hall–Kier alpha value is -1.55. The molecule has 0 unspecified atom stereocenters. The van der Waals surface area contributed by atoms with Crippen LogP contribution in [-0.2, 0) is 9.53 Å². The number of carbonyl (C=O) groups is 1. The van der Waals surface area contributed by atoms with Crippen molar-refractivity contribution in [2.75, 3.05) is 13.7 Å². The summed E-state index contributed by atoms with van der Waals surface area (Å²) >= 11 is 0. The Morgan fingerprint density at radius 3 is 2.76 bits per heavy atom. The number of unbranched alkanes of at least 4 members (excludes halogenated alkanes) is 1. The lowest BCUT2D eigenvalue weighted by Gasteiger charge is -2.08. The van der Waals surface area contributed by atoms with Gasteiger partial charge in [-0.2, -0.15) is 0 Å². The van der Waals surface area contributed by atoms with E-state index in [4.69, 9.17) is 9.47 Å². The summed E-state index contributed by atoms with van der Waals surface area (Å²) in [6.45, 7) is 2.43. The third-order valence-corrected chi connectivity index (χ3v) is 2.39. The number of aromatic hydroxyl groups is 1. The molecule has 4 heteroatoms. The zero-order chi connectivity index (χ0) is 12.7. The Morgan fingerprint density at radius 2 is 2.12 bits per heavy atom. The molecule has 1 aromatic rings. The predicted octanol–water partition coefficient (Wildman–Crippen LogP) is 2.42. The topological polar surface area (TPSA) is 55.8 Å². The number of ether oxygens (including phenoxy) is 2. The molecule has 0 saturated heterocycles. The fraction of sp³-hybridized carbons (Fsp3) is 0.462. The van der Waals surface area contributed by atoms with Crippen molar-refractivity contribution in [1.29, 1.82) is 0 Å². The molecule has 1 rings (SSSR count). The van der Waals surface area contributed by atoms with Crippen molar-refractivity contribution < 1.29 is 19.4 Å². The number of hydrogen-bond acceptors (Lipinski definition) is 4. The number of phenolic OH excluding ortho intramolecular Hbond substituents is 1. The molecule has 1 N–H and O–H groups in total. The van der Waals surface area contributed by atoms with Crippen LogP contribution in [0.5, 0.6) is 11.5 Å². The molecule has 94 valence electrons. The quantitative estimate of drug-likeness (QED) is 0.470. The molecule has 0 aromatic heterocycles. The second kappa shape index (κ2) is 6.91. The van der Waals surface area contributed by atoms with Gasteiger partial charge in [0.25, 0.3) is 0 Å². The van der Waals surface area contributed by atoms with Crippen molar-refractivity contribution in [3.8, 4) is 11.5 Å². The first-order valence-electron chi connectivity index (χ1n) is 5.63. The molecule has 1 aromatic carbocycles. The van der Waals surface area contributed by atoms with E-state index in [0.717, 1.165) is 18.4 Å². The van der Waals surface area contributed by atoms with Gasteiger partial charge in [0.1, 0.15) is 0 Å². The van der Waals surface area contributed by atoms with Crippen molar-refractivity contribution >= 4 is 5.97 Å². The number of phenols is 1. The van der Waals surface area contributed by atoms with Crippen LogP contribution in [0.3, 0.4) is 0 Å². The minimum Gasteiger partial charge on any atom is -0.504 e. The highest BCUT2D eigenvalue weighted by Crippen LogP contribution is 2.29. The van der Waals surface area contributed by atoms with E-state index in [2.05, 4.69) is 0 Å². The number of para-hydroxylation sites is 1. The van der Waals surface area contributed by atoms with Gasteiger partial charge in [-0.15, -0.1) is 0 Å². The fourth-order valence-corrected chi connectivity index (χ4v) is 1.45. The highest BCUT2D eigenvalue weighted by molar-refractivity contribution is 5.73. The molecule has 0 bridgehead atoms. The third kappa shape index (κ3) is 4.44. The molecule has 0 spiro atoms. The van der Waals surface area contributed by atoms with Crippen molar-refractivity contribution in [1.82, 2.24) is 0 Å². The molecule has 0 atom stereocenters. The average molecular weight is 238 g/mol. The van der Waals surface area contributed by atoms with E-state index in [1.807, 2.05) is 0 Å². The lowest BCUT2D eigenvalue weighted by molar-refractivity contribution is -0.134. The fourth-order valence-electron chi connectivity index (χ4n) is 1.45. The van der Waals surface area contributed by atoms with Gasteiger partial charge in [0.15, 0.2) is 11.5 Å². The molecule has 0 fully saturated rings. The van der Waals surface area contributed by atoms with Crippen LogP contribution in [0.15, 0.2) is 18.2 Å². The number of rotatable bonds is 6. The van der Waals surface area contributed by atoms with Gasteiger partial charge in [0.05, 0.1) is 0 Å². The second-order valence-electron chi connectivity index (χ2n) is 3.85. The molecule has 0 heterocycles. The summed E-state index contributed by atoms with van der Waals surface area (Å²) in [7, 11) is 1.63. The van der Waals surface area contributed by atoms with Crippen LogP contribution >= 0.6 is 0 Å². The first-order valence-corrected chi connectivity index (χ1v) is 5.63. The summed E-state index contributed by atoms with van der Waals surface area (Å²) in [5, 5.41) is 9.55. The Bertz CT molecular complexity index is 353. The highest BCUT2D eigenvalue weighted by Gasteiger charge is 2.10. The lowest BCUT2D eigenvalue weighted by Crippen LogP contribution is -2.09. The molecule has 0 aliphatic carbocycles. The number of hydrogen-bond donors (Lipinski definition) is 1. The third-order valence-electron chi connectivity index (χ3n) is 2.39. The summed E-state index contributed by atoms with van der Waals surface area (Å²) in [5.41, 5.74) is 0.746. The van der Waals surface area contributed by atoms with Crippen LogP contribution in [0.4, 0.5) is 0 Å². The Labute approximate surface area is 101 Å². The van der Waals surface area contributed by atoms with Crippen molar-refractivity contribution in [2.24, 2.45) is 0 Å². The van der Waals surface area contributed by atoms with Crippen LogP contribution in [0, 0.1) is 6.92 Å². The summed E-state index contributed by atoms with van der Waals surface area (Å²) in [4.78, 5) is 11.5. The molecule has 4 nitrogen and oxygen atoms in total. The molecule has 0 saturated carbocycles. The predicted molar refractivity (Wildman–Crippen MR) is 64.2 cm³/mol. The number of benzene rings is 1. The van der Waals surface area contributed by atoms with Gasteiger partial charge >= 0.3 is 5.97 Å². The van der Waals surface area contributed by atoms with Crippen molar-refractivity contribution in [2.45, 2.75) is 26.2 Å². The largest absolute Gasteiger partial charge is 0.504 e. The van der Waals surface area contributed by atoms with Gasteiger partial charge in [-0.05, 0) is 31.4 Å². The van der Waals surface area contributed by atoms with Crippen LogP contribution in [0.25, 0.3) is 0 Å². The van der Waals surface area contributed by atoms with E-state index in [0.29, 0.717) is 13.0 Å². The summed E-state index contributed by atoms with van der Waals surface area (Å²) in [6.07, 6.45) is 1.88. The zero-order valence-corrected chi connectivity index (χ0v) is 10.2. The molecule has 17 heavy (non-hydrogen) atoms. The Kier molecular flexibility index (Phi) is 5.49. The number of aryl methyl sites for hydroxylation is 1. The van der Waals surface area contributed by atoms with E-state index >= 15 is 0 Å². The Balaban J connectivity index is 2.45. The molecule has 0 aliphatic rings. The average Bonchev–Trinajstić information content (AvgIpc) is 2.30. The van der Waals surface area contributed by atoms with Gasteiger partial charge in [0.2, 0.25) is 0 Å². The maximum absolute atomic E-state index is 11.5. The zero-order valence-electron chi connectivity index (χ0n) is 10.2. The van der Waals surface area contributed by atoms with Gasteiger partial charge in [-0.25, -0.2) is 0 Å². The molecule has 0 radical (unpaired) electrons. The molecule has 0 aliphatic heterocycles. The van der Waals surface area contributed by atoms with Crippen LogP contribution < -0.4 is 4.74 Å². The smallest absolute Gasteiger partial charge is 0.311 e. The van der Waals surface area contributed by atoms with Crippen LogP contribution in [0.2, 0.25) is 0 Å². The standard InChI is InChI=1S/C13H18O4/c1-10-6-5-7-11(14)13(10)17-12(15)8-3-4-9-16-2/h5-7,14H,3-4,8-9H2,1-2H3. The lowest BCUT2D eigenvalue weighted by atomic mass is 10.2. The number of esters is 1.